The second-order valence-corrected chi connectivity index (χ2v) is 6.92. The highest BCUT2D eigenvalue weighted by Gasteiger charge is 2.12. The Morgan fingerprint density at radius 2 is 1.84 bits per heavy atom. The molecule has 0 radical (unpaired) electrons. The fraction of sp³-hybridized carbons (Fsp3) is 0.136. The molecule has 1 N–H and O–H groups in total. The van der Waals surface area contributed by atoms with Crippen molar-refractivity contribution in [3.8, 4) is 17.4 Å². The number of pyridine rings is 1. The molecule has 0 saturated carbocycles. The summed E-state index contributed by atoms with van der Waals surface area (Å²) in [5, 5.41) is 2.71. The van der Waals surface area contributed by atoms with Crippen molar-refractivity contribution < 1.29 is 9.53 Å². The van der Waals surface area contributed by atoms with Crippen LogP contribution in [0.5, 0.6) is 11.6 Å². The van der Waals surface area contributed by atoms with Gasteiger partial charge in [0.1, 0.15) is 29.8 Å². The number of carbonyl (C=O) groups is 1. The van der Waals surface area contributed by atoms with E-state index < -0.39 is 5.91 Å². The maximum atomic E-state index is 12.4. The molecule has 0 spiro atoms. The number of carbonyl (C=O) groups excluding carboxylic acids is 1. The van der Waals surface area contributed by atoms with Gasteiger partial charge in [-0.2, -0.15) is 0 Å². The van der Waals surface area contributed by atoms with Gasteiger partial charge >= 0.3 is 0 Å². The van der Waals surface area contributed by atoms with E-state index in [1.54, 1.807) is 56.0 Å². The number of aromatic nitrogens is 5. The second-order valence-electron chi connectivity index (χ2n) is 6.92. The smallest absolute Gasteiger partial charge is 0.263 e. The highest BCUT2D eigenvalue weighted by molar-refractivity contribution is 6.04. The van der Waals surface area contributed by atoms with Crippen molar-refractivity contribution in [1.29, 1.82) is 0 Å². The quantitative estimate of drug-likeness (QED) is 0.536. The van der Waals surface area contributed by atoms with E-state index in [-0.39, 0.29) is 11.1 Å². The molecule has 9 nitrogen and oxygen atoms in total. The van der Waals surface area contributed by atoms with E-state index in [2.05, 4.69) is 20.3 Å². The molecule has 0 atom stereocenters. The van der Waals surface area contributed by atoms with Gasteiger partial charge in [-0.1, -0.05) is 0 Å². The number of amides is 1. The predicted molar refractivity (Wildman–Crippen MR) is 115 cm³/mol. The number of aryl methyl sites for hydroxylation is 2. The van der Waals surface area contributed by atoms with Crippen LogP contribution in [0.1, 0.15) is 21.7 Å². The van der Waals surface area contributed by atoms with Gasteiger partial charge in [0, 0.05) is 30.7 Å². The first kappa shape index (κ1) is 20.0. The van der Waals surface area contributed by atoms with E-state index in [0.29, 0.717) is 23.1 Å². The van der Waals surface area contributed by atoms with E-state index in [9.17, 15) is 9.59 Å². The Morgan fingerprint density at radius 3 is 2.55 bits per heavy atom. The van der Waals surface area contributed by atoms with Crippen LogP contribution in [0.15, 0.2) is 66.1 Å². The summed E-state index contributed by atoms with van der Waals surface area (Å²) in [6.45, 7) is 3.89. The number of nitrogens with zero attached hydrogens (tertiary/aromatic N) is 5. The first-order valence-corrected chi connectivity index (χ1v) is 9.50. The lowest BCUT2D eigenvalue weighted by molar-refractivity contribution is 0.102. The third-order valence-electron chi connectivity index (χ3n) is 4.83. The molecule has 1 amide bonds. The van der Waals surface area contributed by atoms with Crippen molar-refractivity contribution in [2.24, 2.45) is 7.05 Å². The number of hydrogen-bond acceptors (Lipinski definition) is 6. The zero-order chi connectivity index (χ0) is 22.0. The molecule has 0 aliphatic carbocycles. The van der Waals surface area contributed by atoms with Crippen LogP contribution < -0.4 is 15.6 Å². The molecule has 156 valence electrons. The summed E-state index contributed by atoms with van der Waals surface area (Å²) in [5.41, 5.74) is 2.16. The second kappa shape index (κ2) is 8.23. The third-order valence-corrected chi connectivity index (χ3v) is 4.83. The van der Waals surface area contributed by atoms with Crippen molar-refractivity contribution in [3.05, 3.63) is 88.6 Å². The maximum Gasteiger partial charge on any atom is 0.263 e. The lowest BCUT2D eigenvalue weighted by atomic mass is 10.2. The average molecular weight is 416 g/mol. The minimum atomic E-state index is -0.471. The zero-order valence-corrected chi connectivity index (χ0v) is 17.2. The van der Waals surface area contributed by atoms with Gasteiger partial charge in [0.25, 0.3) is 11.5 Å². The summed E-state index contributed by atoms with van der Waals surface area (Å²) in [7, 11) is 1.60. The Labute approximate surface area is 178 Å². The molecule has 0 fully saturated rings. The molecule has 0 aliphatic rings. The van der Waals surface area contributed by atoms with Gasteiger partial charge in [0.2, 0.25) is 5.88 Å². The van der Waals surface area contributed by atoms with Crippen molar-refractivity contribution in [1.82, 2.24) is 24.1 Å². The van der Waals surface area contributed by atoms with Gasteiger partial charge in [-0.3, -0.25) is 14.2 Å². The minimum absolute atomic E-state index is 0.0730. The lowest BCUT2D eigenvalue weighted by Crippen LogP contribution is -2.26. The van der Waals surface area contributed by atoms with Crippen LogP contribution in [0.2, 0.25) is 0 Å². The van der Waals surface area contributed by atoms with Gasteiger partial charge in [0.15, 0.2) is 0 Å². The Hall–Kier alpha value is -4.27. The van der Waals surface area contributed by atoms with Crippen LogP contribution in [0.4, 0.5) is 5.69 Å². The summed E-state index contributed by atoms with van der Waals surface area (Å²) < 4.78 is 9.03. The highest BCUT2D eigenvalue weighted by Crippen LogP contribution is 2.23. The summed E-state index contributed by atoms with van der Waals surface area (Å²) in [6, 6.07) is 11.6. The van der Waals surface area contributed by atoms with Crippen LogP contribution in [-0.4, -0.2) is 30.0 Å². The fourth-order valence-electron chi connectivity index (χ4n) is 2.94. The SMILES string of the molecule is Cc1ncn(-c2cc(Oc3ccc(NC(=O)c4cccn(C)c4=O)cc3)ncn2)c1C. The van der Waals surface area contributed by atoms with Gasteiger partial charge in [-0.05, 0) is 50.2 Å². The Balaban J connectivity index is 1.47. The number of benzene rings is 1. The van der Waals surface area contributed by atoms with Gasteiger partial charge in [0.05, 0.1) is 5.69 Å². The Bertz CT molecular complexity index is 1310. The van der Waals surface area contributed by atoms with Gasteiger partial charge < -0.3 is 14.6 Å². The molecular weight excluding hydrogens is 396 g/mol. The van der Waals surface area contributed by atoms with Gasteiger partial charge in [-0.15, -0.1) is 0 Å². The molecule has 0 aliphatic heterocycles. The summed E-state index contributed by atoms with van der Waals surface area (Å²) >= 11 is 0. The third kappa shape index (κ3) is 4.20. The average Bonchev–Trinajstić information content (AvgIpc) is 3.10. The van der Waals surface area contributed by atoms with Gasteiger partial charge in [-0.25, -0.2) is 15.0 Å². The van der Waals surface area contributed by atoms with Crippen molar-refractivity contribution in [3.63, 3.8) is 0 Å². The summed E-state index contributed by atoms with van der Waals surface area (Å²) in [5.74, 6) is 1.09. The minimum Gasteiger partial charge on any atom is -0.439 e. The maximum absolute atomic E-state index is 12.4. The molecule has 3 aromatic heterocycles. The van der Waals surface area contributed by atoms with E-state index in [1.165, 1.54) is 17.0 Å². The molecule has 1 aromatic carbocycles. The van der Waals surface area contributed by atoms with Crippen LogP contribution in [0.25, 0.3) is 5.82 Å². The van der Waals surface area contributed by atoms with Crippen molar-refractivity contribution in [2.75, 3.05) is 5.32 Å². The lowest BCUT2D eigenvalue weighted by Gasteiger charge is -2.09. The topological polar surface area (TPSA) is 104 Å². The first-order valence-electron chi connectivity index (χ1n) is 9.50. The normalized spacial score (nSPS) is 10.7. The zero-order valence-electron chi connectivity index (χ0n) is 17.2. The van der Waals surface area contributed by atoms with Crippen molar-refractivity contribution >= 4 is 11.6 Å². The number of rotatable bonds is 5. The molecular formula is C22H20N6O3. The van der Waals surface area contributed by atoms with Crippen LogP contribution in [0.3, 0.4) is 0 Å². The number of nitrogens with one attached hydrogen (secondary N) is 1. The molecule has 31 heavy (non-hydrogen) atoms. The number of anilines is 1. The largest absolute Gasteiger partial charge is 0.439 e. The Morgan fingerprint density at radius 1 is 1.06 bits per heavy atom. The summed E-state index contributed by atoms with van der Waals surface area (Å²) in [6.07, 6.45) is 4.72. The van der Waals surface area contributed by atoms with Crippen LogP contribution in [-0.2, 0) is 7.05 Å². The standard InChI is InChI=1S/C22H20N6O3/c1-14-15(2)28(13-25-14)19-11-20(24-12-23-19)31-17-8-6-16(7-9-17)26-21(29)18-5-4-10-27(3)22(18)30/h4-13H,1-3H3,(H,26,29). The fourth-order valence-corrected chi connectivity index (χ4v) is 2.94. The predicted octanol–water partition coefficient (Wildman–Crippen LogP) is 3.02. The number of imidazole rings is 1. The number of ether oxygens (including phenoxy) is 1. The van der Waals surface area contributed by atoms with E-state index >= 15 is 0 Å². The molecule has 4 aromatic rings. The van der Waals surface area contributed by atoms with Crippen molar-refractivity contribution in [2.45, 2.75) is 13.8 Å². The molecule has 0 saturated heterocycles. The monoisotopic (exact) mass is 416 g/mol. The van der Waals surface area contributed by atoms with Crippen LogP contribution >= 0.6 is 0 Å². The Kier molecular flexibility index (Phi) is 5.31. The first-order chi connectivity index (χ1) is 14.9. The highest BCUT2D eigenvalue weighted by atomic mass is 16.5. The van der Waals surface area contributed by atoms with E-state index in [0.717, 1.165) is 11.4 Å². The molecule has 0 unspecified atom stereocenters. The summed E-state index contributed by atoms with van der Waals surface area (Å²) in [4.78, 5) is 37.2. The van der Waals surface area contributed by atoms with Crippen LogP contribution in [0, 0.1) is 13.8 Å². The molecule has 0 bridgehead atoms. The molecule has 3 heterocycles. The molecule has 9 heteroatoms. The molecule has 4 rings (SSSR count). The number of hydrogen-bond donors (Lipinski definition) is 1. The van der Waals surface area contributed by atoms with E-state index in [4.69, 9.17) is 4.74 Å². The van der Waals surface area contributed by atoms with E-state index in [1.807, 2.05) is 18.4 Å².